The van der Waals surface area contributed by atoms with Crippen molar-refractivity contribution >= 4 is 44.3 Å². The van der Waals surface area contributed by atoms with Crippen LogP contribution in [0.15, 0.2) is 39.5 Å². The maximum absolute atomic E-state index is 13.6. The minimum absolute atomic E-state index is 0.0211. The predicted molar refractivity (Wildman–Crippen MR) is 102 cm³/mol. The number of anilines is 2. The van der Waals surface area contributed by atoms with E-state index in [1.807, 2.05) is 0 Å². The van der Waals surface area contributed by atoms with Crippen LogP contribution in [-0.4, -0.2) is 30.8 Å². The van der Waals surface area contributed by atoms with Crippen molar-refractivity contribution in [2.45, 2.75) is 6.92 Å². The second-order valence-electron chi connectivity index (χ2n) is 5.63. The van der Waals surface area contributed by atoms with Gasteiger partial charge in [0.25, 0.3) is 0 Å². The van der Waals surface area contributed by atoms with Crippen LogP contribution >= 0.6 is 11.3 Å². The molecule has 2 aromatic heterocycles. The van der Waals surface area contributed by atoms with Gasteiger partial charge >= 0.3 is 17.6 Å². The number of hydrogen-bond donors (Lipinski definition) is 2. The van der Waals surface area contributed by atoms with Crippen molar-refractivity contribution in [3.8, 4) is 5.75 Å². The molecule has 1 aromatic carbocycles. The highest BCUT2D eigenvalue weighted by atomic mass is 32.1. The van der Waals surface area contributed by atoms with Gasteiger partial charge in [0.1, 0.15) is 10.6 Å². The number of carboxylic acids is 1. The molecular weight excluding hydrogens is 391 g/mol. The highest BCUT2D eigenvalue weighted by Crippen LogP contribution is 2.32. The Morgan fingerprint density at radius 3 is 2.75 bits per heavy atom. The van der Waals surface area contributed by atoms with E-state index >= 15 is 0 Å². The topological polar surface area (TPSA) is 109 Å². The summed E-state index contributed by atoms with van der Waals surface area (Å²) in [6.45, 7) is 1.99. The van der Waals surface area contributed by atoms with Gasteiger partial charge in [0.05, 0.1) is 11.3 Å². The van der Waals surface area contributed by atoms with E-state index in [1.54, 1.807) is 6.92 Å². The Balaban J connectivity index is 1.84. The van der Waals surface area contributed by atoms with E-state index in [9.17, 15) is 18.8 Å². The van der Waals surface area contributed by atoms with Crippen LogP contribution in [0.1, 0.15) is 17.3 Å². The van der Waals surface area contributed by atoms with Gasteiger partial charge in [0.2, 0.25) is 0 Å². The number of amides is 2. The number of nitrogens with zero attached hydrogens (tertiary/aromatic N) is 1. The van der Waals surface area contributed by atoms with Crippen molar-refractivity contribution in [1.82, 2.24) is 0 Å². The first kappa shape index (κ1) is 19.4. The second-order valence-corrected chi connectivity index (χ2v) is 6.70. The molecule has 0 bridgehead atoms. The third kappa shape index (κ3) is 3.81. The zero-order valence-corrected chi connectivity index (χ0v) is 15.6. The number of carboxylic acid groups (broad SMARTS) is 1. The summed E-state index contributed by atoms with van der Waals surface area (Å²) in [5, 5.41) is 12.0. The number of carbonyl (C=O) groups is 2. The van der Waals surface area contributed by atoms with Gasteiger partial charge in [-0.1, -0.05) is 0 Å². The third-order valence-electron chi connectivity index (χ3n) is 3.76. The normalized spacial score (nSPS) is 10.7. The summed E-state index contributed by atoms with van der Waals surface area (Å²) in [7, 11) is 1.49. The lowest BCUT2D eigenvalue weighted by Gasteiger charge is -2.16. The molecule has 28 heavy (non-hydrogen) atoms. The highest BCUT2D eigenvalue weighted by molar-refractivity contribution is 7.22. The van der Waals surface area contributed by atoms with Crippen LogP contribution in [-0.2, 0) is 0 Å². The van der Waals surface area contributed by atoms with Gasteiger partial charge in [-0.25, -0.2) is 18.8 Å². The molecule has 10 heteroatoms. The predicted octanol–water partition coefficient (Wildman–Crippen LogP) is 3.76. The maximum Gasteiger partial charge on any atom is 0.351 e. The lowest BCUT2D eigenvalue weighted by molar-refractivity contribution is 0.0692. The molecule has 0 aliphatic carbocycles. The van der Waals surface area contributed by atoms with E-state index in [0.717, 1.165) is 11.3 Å². The van der Waals surface area contributed by atoms with Crippen LogP contribution in [0.5, 0.6) is 5.75 Å². The van der Waals surface area contributed by atoms with Crippen LogP contribution in [0, 0.1) is 5.82 Å². The lowest BCUT2D eigenvalue weighted by Crippen LogP contribution is -2.30. The van der Waals surface area contributed by atoms with Crippen LogP contribution < -0.4 is 20.6 Å². The fraction of sp³-hybridized carbons (Fsp3) is 0.167. The summed E-state index contributed by atoms with van der Waals surface area (Å²) in [6, 6.07) is 6.09. The number of aromatic carboxylic acids is 1. The molecule has 2 amide bonds. The minimum atomic E-state index is -1.39. The van der Waals surface area contributed by atoms with Crippen molar-refractivity contribution < 1.29 is 28.2 Å². The Hall–Kier alpha value is -3.40. The van der Waals surface area contributed by atoms with Gasteiger partial charge in [0.15, 0.2) is 17.1 Å². The van der Waals surface area contributed by atoms with E-state index in [1.165, 1.54) is 42.3 Å². The maximum atomic E-state index is 13.6. The molecule has 0 radical (unpaired) electrons. The first-order valence-corrected chi connectivity index (χ1v) is 8.90. The molecule has 3 aromatic rings. The van der Waals surface area contributed by atoms with E-state index in [0.29, 0.717) is 15.4 Å². The number of ether oxygens (including phenoxy) is 1. The van der Waals surface area contributed by atoms with Crippen molar-refractivity contribution in [2.24, 2.45) is 0 Å². The van der Waals surface area contributed by atoms with Gasteiger partial charge in [-0.3, -0.25) is 4.90 Å². The molecule has 2 N–H and O–H groups in total. The Kier molecular flexibility index (Phi) is 5.32. The Labute approximate surface area is 161 Å². The molecule has 0 spiro atoms. The van der Waals surface area contributed by atoms with Crippen molar-refractivity contribution in [2.75, 3.05) is 23.9 Å². The number of carbonyl (C=O) groups excluding carboxylic acids is 1. The number of benzene rings is 1. The average molecular weight is 406 g/mol. The van der Waals surface area contributed by atoms with E-state index < -0.39 is 29.0 Å². The summed E-state index contributed by atoms with van der Waals surface area (Å²) >= 11 is 1.08. The average Bonchev–Trinajstić information content (AvgIpc) is 3.05. The summed E-state index contributed by atoms with van der Waals surface area (Å²) in [5.74, 6) is -1.91. The van der Waals surface area contributed by atoms with Gasteiger partial charge < -0.3 is 19.6 Å². The molecule has 0 unspecified atom stereocenters. The van der Waals surface area contributed by atoms with E-state index in [-0.39, 0.29) is 17.9 Å². The van der Waals surface area contributed by atoms with Crippen molar-refractivity contribution in [3.63, 3.8) is 0 Å². The fourth-order valence-corrected chi connectivity index (χ4v) is 3.36. The smallest absolute Gasteiger partial charge is 0.351 e. The second kappa shape index (κ2) is 7.69. The first-order valence-electron chi connectivity index (χ1n) is 8.08. The van der Waals surface area contributed by atoms with E-state index in [4.69, 9.17) is 14.3 Å². The van der Waals surface area contributed by atoms with Crippen LogP contribution in [0.2, 0.25) is 0 Å². The third-order valence-corrected chi connectivity index (χ3v) is 4.90. The molecule has 146 valence electrons. The summed E-state index contributed by atoms with van der Waals surface area (Å²) in [4.78, 5) is 36.5. The number of nitrogens with one attached hydrogen (secondary N) is 1. The van der Waals surface area contributed by atoms with Gasteiger partial charge in [-0.05, 0) is 25.1 Å². The standard InChI is InChI=1S/C18H15FN2O6S/c1-3-26-12-6-9(4-5-11(12)19)20-18(25)21(2)15-8-13-14(28-15)7-10(16(22)23)17(24)27-13/h4-8H,3H2,1-2H3,(H,20,25)(H,22,23). The zero-order valence-electron chi connectivity index (χ0n) is 14.8. The molecule has 0 atom stereocenters. The fourth-order valence-electron chi connectivity index (χ4n) is 2.37. The lowest BCUT2D eigenvalue weighted by atomic mass is 10.3. The molecule has 0 fully saturated rings. The molecular formula is C18H15FN2O6S. The number of hydrogen-bond acceptors (Lipinski definition) is 6. The Morgan fingerprint density at radius 2 is 2.07 bits per heavy atom. The molecule has 0 aliphatic rings. The minimum Gasteiger partial charge on any atom is -0.491 e. The highest BCUT2D eigenvalue weighted by Gasteiger charge is 2.18. The number of urea groups is 1. The summed E-state index contributed by atoms with van der Waals surface area (Å²) < 4.78 is 24.2. The van der Waals surface area contributed by atoms with E-state index in [2.05, 4.69) is 5.32 Å². The zero-order chi connectivity index (χ0) is 20.4. The summed E-state index contributed by atoms with van der Waals surface area (Å²) in [6.07, 6.45) is 0. The number of halogens is 1. The number of thiophene rings is 1. The molecule has 0 saturated carbocycles. The largest absolute Gasteiger partial charge is 0.491 e. The summed E-state index contributed by atoms with van der Waals surface area (Å²) in [5.41, 5.74) is -0.938. The SMILES string of the molecule is CCOc1cc(NC(=O)N(C)c2cc3oc(=O)c(C(=O)O)cc3s2)ccc1F. The van der Waals surface area contributed by atoms with Crippen molar-refractivity contribution in [1.29, 1.82) is 0 Å². The first-order chi connectivity index (χ1) is 13.3. The molecule has 8 nitrogen and oxygen atoms in total. The van der Waals surface area contributed by atoms with Crippen LogP contribution in [0.3, 0.4) is 0 Å². The molecule has 0 aliphatic heterocycles. The van der Waals surface area contributed by atoms with Crippen molar-refractivity contribution in [3.05, 3.63) is 52.1 Å². The Morgan fingerprint density at radius 1 is 1.32 bits per heavy atom. The number of rotatable bonds is 5. The van der Waals surface area contributed by atoms with Crippen LogP contribution in [0.25, 0.3) is 10.3 Å². The molecule has 0 saturated heterocycles. The molecule has 3 rings (SSSR count). The molecule has 2 heterocycles. The van der Waals surface area contributed by atoms with Gasteiger partial charge in [-0.2, -0.15) is 0 Å². The van der Waals surface area contributed by atoms with Crippen LogP contribution in [0.4, 0.5) is 19.9 Å². The number of fused-ring (bicyclic) bond motifs is 1. The monoisotopic (exact) mass is 406 g/mol. The quantitative estimate of drug-likeness (QED) is 0.668. The van der Waals surface area contributed by atoms with Gasteiger partial charge in [-0.15, -0.1) is 11.3 Å². The Bertz CT molecular complexity index is 1120. The van der Waals surface area contributed by atoms with Gasteiger partial charge in [0, 0.05) is 24.9 Å².